The summed E-state index contributed by atoms with van der Waals surface area (Å²) in [7, 11) is 0. The van der Waals surface area contributed by atoms with Crippen LogP contribution in [-0.2, 0) is 0 Å². The maximum absolute atomic E-state index is 8.52. The van der Waals surface area contributed by atoms with Crippen LogP contribution in [-0.4, -0.2) is 0 Å². The van der Waals surface area contributed by atoms with Crippen LogP contribution in [0.2, 0.25) is 0 Å². The van der Waals surface area contributed by atoms with E-state index in [0.29, 0.717) is 0 Å². The van der Waals surface area contributed by atoms with E-state index in [9.17, 15) is 0 Å². The predicted molar refractivity (Wildman–Crippen MR) is 93.9 cm³/mol. The van der Waals surface area contributed by atoms with Crippen LogP contribution in [0.15, 0.2) is 58.7 Å². The standard InChI is InChI=1S/C20H29N/c1-17(2)9-6-10-18(3)11-7-12-19(4)13-8-14-20(5)15-16-21/h8-9,11,13-15H,6-7,10,12H2,1-5H3/b14-8+,18-11+,19-13+,20-15+. The van der Waals surface area contributed by atoms with E-state index in [4.69, 9.17) is 5.26 Å². The highest BCUT2D eigenvalue weighted by molar-refractivity contribution is 5.26. The first-order chi connectivity index (χ1) is 9.95. The summed E-state index contributed by atoms with van der Waals surface area (Å²) in [6.45, 7) is 10.6. The van der Waals surface area contributed by atoms with Crippen molar-refractivity contribution in [3.63, 3.8) is 0 Å². The van der Waals surface area contributed by atoms with Gasteiger partial charge < -0.3 is 0 Å². The minimum atomic E-state index is 0.983. The smallest absolute Gasteiger partial charge is 0.0914 e. The molecule has 114 valence electrons. The molecule has 0 heterocycles. The molecule has 0 aromatic heterocycles. The number of nitrogens with zero attached hydrogens (tertiary/aromatic N) is 1. The monoisotopic (exact) mass is 283 g/mol. The fourth-order valence-electron chi connectivity index (χ4n) is 1.83. The van der Waals surface area contributed by atoms with Gasteiger partial charge in [0, 0.05) is 6.08 Å². The van der Waals surface area contributed by atoms with Crippen LogP contribution < -0.4 is 0 Å². The van der Waals surface area contributed by atoms with Gasteiger partial charge in [0.2, 0.25) is 0 Å². The number of allylic oxidation sites excluding steroid dienone is 10. The number of hydrogen-bond acceptors (Lipinski definition) is 1. The molecule has 0 unspecified atom stereocenters. The molecule has 0 saturated heterocycles. The molecule has 0 aromatic carbocycles. The quantitative estimate of drug-likeness (QED) is 0.286. The van der Waals surface area contributed by atoms with E-state index in [2.05, 4.69) is 45.9 Å². The zero-order chi connectivity index (χ0) is 16.1. The van der Waals surface area contributed by atoms with Gasteiger partial charge in [-0.1, -0.05) is 47.1 Å². The third-order valence-electron chi connectivity index (χ3n) is 3.15. The highest BCUT2D eigenvalue weighted by Gasteiger charge is 1.91. The van der Waals surface area contributed by atoms with Crippen molar-refractivity contribution in [2.45, 2.75) is 60.3 Å². The van der Waals surface area contributed by atoms with E-state index in [1.807, 2.05) is 25.1 Å². The summed E-state index contributed by atoms with van der Waals surface area (Å²) in [4.78, 5) is 0. The van der Waals surface area contributed by atoms with Gasteiger partial charge in [-0.2, -0.15) is 5.26 Å². The van der Waals surface area contributed by atoms with E-state index in [1.54, 1.807) is 6.08 Å². The van der Waals surface area contributed by atoms with Crippen molar-refractivity contribution in [3.05, 3.63) is 58.7 Å². The van der Waals surface area contributed by atoms with Crippen molar-refractivity contribution in [1.82, 2.24) is 0 Å². The Kier molecular flexibility index (Phi) is 10.9. The average Bonchev–Trinajstić information content (AvgIpc) is 2.38. The van der Waals surface area contributed by atoms with E-state index >= 15 is 0 Å². The summed E-state index contributed by atoms with van der Waals surface area (Å²) in [5.41, 5.74) is 5.22. The summed E-state index contributed by atoms with van der Waals surface area (Å²) in [6.07, 6.45) is 16.8. The van der Waals surface area contributed by atoms with E-state index in [0.717, 1.165) is 31.3 Å². The van der Waals surface area contributed by atoms with Crippen LogP contribution in [0.5, 0.6) is 0 Å². The van der Waals surface area contributed by atoms with Crippen molar-refractivity contribution in [2.75, 3.05) is 0 Å². The molecular formula is C20H29N. The van der Waals surface area contributed by atoms with Crippen LogP contribution in [0, 0.1) is 11.3 Å². The Hall–Kier alpha value is -1.81. The molecule has 0 radical (unpaired) electrons. The van der Waals surface area contributed by atoms with Gasteiger partial charge in [0.25, 0.3) is 0 Å². The molecule has 0 aliphatic rings. The van der Waals surface area contributed by atoms with E-state index in [1.165, 1.54) is 16.7 Å². The second kappa shape index (κ2) is 12.0. The lowest BCUT2D eigenvalue weighted by atomic mass is 10.1. The van der Waals surface area contributed by atoms with Crippen LogP contribution in [0.1, 0.15) is 60.3 Å². The molecule has 1 nitrogen and oxygen atoms in total. The van der Waals surface area contributed by atoms with Crippen LogP contribution in [0.4, 0.5) is 0 Å². The summed E-state index contributed by atoms with van der Waals surface area (Å²) in [5, 5.41) is 8.52. The Morgan fingerprint density at radius 3 is 2.14 bits per heavy atom. The molecule has 0 aliphatic heterocycles. The Bertz CT molecular complexity index is 486. The normalized spacial score (nSPS) is 13.4. The summed E-state index contributed by atoms with van der Waals surface area (Å²) >= 11 is 0. The van der Waals surface area contributed by atoms with E-state index in [-0.39, 0.29) is 0 Å². The Balaban J connectivity index is 4.13. The molecule has 21 heavy (non-hydrogen) atoms. The van der Waals surface area contributed by atoms with Crippen molar-refractivity contribution >= 4 is 0 Å². The summed E-state index contributed by atoms with van der Waals surface area (Å²) < 4.78 is 0. The molecule has 0 bridgehead atoms. The Morgan fingerprint density at radius 2 is 1.52 bits per heavy atom. The summed E-state index contributed by atoms with van der Waals surface area (Å²) in [5.74, 6) is 0. The van der Waals surface area contributed by atoms with Gasteiger partial charge in [-0.3, -0.25) is 0 Å². The fourth-order valence-corrected chi connectivity index (χ4v) is 1.83. The first kappa shape index (κ1) is 19.2. The Morgan fingerprint density at radius 1 is 0.905 bits per heavy atom. The fraction of sp³-hybridized carbons (Fsp3) is 0.450. The highest BCUT2D eigenvalue weighted by atomic mass is 14.2. The largest absolute Gasteiger partial charge is 0.193 e. The molecule has 0 atom stereocenters. The molecule has 0 rings (SSSR count). The van der Waals surface area contributed by atoms with E-state index < -0.39 is 0 Å². The minimum Gasteiger partial charge on any atom is -0.193 e. The summed E-state index contributed by atoms with van der Waals surface area (Å²) in [6, 6.07) is 2.03. The van der Waals surface area contributed by atoms with Crippen molar-refractivity contribution in [3.8, 4) is 6.07 Å². The van der Waals surface area contributed by atoms with Gasteiger partial charge >= 0.3 is 0 Å². The topological polar surface area (TPSA) is 23.8 Å². The van der Waals surface area contributed by atoms with Crippen LogP contribution in [0.25, 0.3) is 0 Å². The molecule has 0 saturated carbocycles. The SMILES string of the molecule is CC(C)=CCC/C(C)=C/CC/C(C)=C/C=C/C(C)=C/C#N. The molecular weight excluding hydrogens is 254 g/mol. The van der Waals surface area contributed by atoms with Gasteiger partial charge in [-0.15, -0.1) is 0 Å². The van der Waals surface area contributed by atoms with Gasteiger partial charge in [0.05, 0.1) is 6.07 Å². The van der Waals surface area contributed by atoms with Crippen molar-refractivity contribution in [2.24, 2.45) is 0 Å². The molecule has 0 N–H and O–H groups in total. The van der Waals surface area contributed by atoms with Gasteiger partial charge in [-0.25, -0.2) is 0 Å². The first-order valence-electron chi connectivity index (χ1n) is 7.65. The van der Waals surface area contributed by atoms with Gasteiger partial charge in [0.15, 0.2) is 0 Å². The number of hydrogen-bond donors (Lipinski definition) is 0. The zero-order valence-corrected chi connectivity index (χ0v) is 14.2. The molecule has 1 heteroatoms. The maximum atomic E-state index is 8.52. The lowest BCUT2D eigenvalue weighted by Crippen LogP contribution is -1.80. The van der Waals surface area contributed by atoms with Crippen molar-refractivity contribution in [1.29, 1.82) is 5.26 Å². The second-order valence-corrected chi connectivity index (χ2v) is 5.80. The van der Waals surface area contributed by atoms with Gasteiger partial charge in [0.1, 0.15) is 0 Å². The molecule has 0 fully saturated rings. The zero-order valence-electron chi connectivity index (χ0n) is 14.2. The third-order valence-corrected chi connectivity index (χ3v) is 3.15. The predicted octanol–water partition coefficient (Wildman–Crippen LogP) is 6.43. The molecule has 0 spiro atoms. The Labute approximate surface area is 131 Å². The third kappa shape index (κ3) is 12.9. The first-order valence-corrected chi connectivity index (χ1v) is 7.65. The molecule has 0 aliphatic carbocycles. The maximum Gasteiger partial charge on any atom is 0.0914 e. The lowest BCUT2D eigenvalue weighted by molar-refractivity contribution is 0.918. The van der Waals surface area contributed by atoms with Crippen molar-refractivity contribution < 1.29 is 0 Å². The number of nitriles is 1. The number of rotatable bonds is 8. The average molecular weight is 283 g/mol. The van der Waals surface area contributed by atoms with Crippen LogP contribution >= 0.6 is 0 Å². The van der Waals surface area contributed by atoms with Gasteiger partial charge in [-0.05, 0) is 65.9 Å². The minimum absolute atomic E-state index is 0.983. The van der Waals surface area contributed by atoms with Crippen LogP contribution in [0.3, 0.4) is 0 Å². The molecule has 0 aromatic rings. The lowest BCUT2D eigenvalue weighted by Gasteiger charge is -2.00. The molecule has 0 amide bonds. The second-order valence-electron chi connectivity index (χ2n) is 5.80. The highest BCUT2D eigenvalue weighted by Crippen LogP contribution is 2.11.